The number of aromatic nitrogens is 5. The van der Waals surface area contributed by atoms with Gasteiger partial charge in [-0.1, -0.05) is 0 Å². The van der Waals surface area contributed by atoms with Gasteiger partial charge < -0.3 is 14.4 Å². The predicted octanol–water partition coefficient (Wildman–Crippen LogP) is 5.20. The predicted molar refractivity (Wildman–Crippen MR) is 169 cm³/mol. The van der Waals surface area contributed by atoms with E-state index in [4.69, 9.17) is 14.5 Å². The lowest BCUT2D eigenvalue weighted by Crippen LogP contribution is -2.42. The van der Waals surface area contributed by atoms with Crippen LogP contribution in [0, 0.1) is 11.3 Å². The number of piperidine rings is 1. The first-order valence-corrected chi connectivity index (χ1v) is 17.1. The maximum absolute atomic E-state index is 12.6. The molecule has 0 spiro atoms. The molecule has 4 aromatic heterocycles. The molecule has 1 amide bonds. The van der Waals surface area contributed by atoms with E-state index in [9.17, 15) is 10.1 Å². The molecule has 0 unspecified atom stereocenters. The van der Waals surface area contributed by atoms with Crippen LogP contribution in [0.15, 0.2) is 35.7 Å². The smallest absolute Gasteiger partial charge is 0.410 e. The van der Waals surface area contributed by atoms with Gasteiger partial charge in [0.2, 0.25) is 0 Å². The van der Waals surface area contributed by atoms with Gasteiger partial charge in [-0.3, -0.25) is 9.25 Å². The Balaban J connectivity index is 1.51. The number of likely N-dealkylation sites (tertiary alicyclic amines) is 1. The molecule has 5 rings (SSSR count). The van der Waals surface area contributed by atoms with E-state index < -0.39 is 5.60 Å². The van der Waals surface area contributed by atoms with E-state index in [-0.39, 0.29) is 11.3 Å². The van der Waals surface area contributed by atoms with E-state index in [1.165, 1.54) is 0 Å². The normalized spacial score (nSPS) is 14.7. The SMILES string of the molecule is Cn1cc(-c2cnc3c(c2)c2c(SC4CCN(C(=O)OC(C)(C)C)CC4)c(C#N)ncc2n3COCC[S+](C)C)cn1. The van der Waals surface area contributed by atoms with Gasteiger partial charge in [-0.15, -0.1) is 11.8 Å². The summed E-state index contributed by atoms with van der Waals surface area (Å²) in [6, 6.07) is 4.46. The number of aryl methyl sites for hydroxylation is 1. The topological polar surface area (TPSA) is 111 Å². The van der Waals surface area contributed by atoms with Gasteiger partial charge in [-0.2, -0.15) is 10.4 Å². The molecule has 0 radical (unpaired) electrons. The van der Waals surface area contributed by atoms with E-state index in [0.717, 1.165) is 56.6 Å². The zero-order valence-corrected chi connectivity index (χ0v) is 26.7. The number of nitrogens with zero attached hydrogens (tertiary/aromatic N) is 7. The van der Waals surface area contributed by atoms with Gasteiger partial charge in [-0.25, -0.2) is 14.8 Å². The average molecular weight is 609 g/mol. The molecular weight excluding hydrogens is 571 g/mol. The molecule has 0 aliphatic carbocycles. The molecule has 42 heavy (non-hydrogen) atoms. The van der Waals surface area contributed by atoms with Crippen LogP contribution in [0.3, 0.4) is 0 Å². The molecule has 12 heteroatoms. The third-order valence-electron chi connectivity index (χ3n) is 7.08. The van der Waals surface area contributed by atoms with Crippen molar-refractivity contribution in [2.24, 2.45) is 7.05 Å². The minimum absolute atomic E-state index is 0.222. The zero-order chi connectivity index (χ0) is 30.0. The van der Waals surface area contributed by atoms with Crippen LogP contribution in [0.1, 0.15) is 39.3 Å². The van der Waals surface area contributed by atoms with Crippen molar-refractivity contribution in [3.05, 3.63) is 36.5 Å². The molecule has 1 saturated heterocycles. The zero-order valence-electron chi connectivity index (χ0n) is 25.1. The molecular formula is C30H38N7O3S2+. The van der Waals surface area contributed by atoms with Gasteiger partial charge >= 0.3 is 6.09 Å². The van der Waals surface area contributed by atoms with Crippen molar-refractivity contribution >= 4 is 50.7 Å². The van der Waals surface area contributed by atoms with Gasteiger partial charge in [0, 0.05) is 59.7 Å². The van der Waals surface area contributed by atoms with Crippen molar-refractivity contribution in [2.45, 2.75) is 56.1 Å². The Labute approximate surface area is 253 Å². The fourth-order valence-electron chi connectivity index (χ4n) is 5.00. The van der Waals surface area contributed by atoms with E-state index >= 15 is 0 Å². The van der Waals surface area contributed by atoms with Gasteiger partial charge in [0.25, 0.3) is 0 Å². The highest BCUT2D eigenvalue weighted by Gasteiger charge is 2.29. The highest BCUT2D eigenvalue weighted by molar-refractivity contribution is 8.00. The number of rotatable bonds is 8. The third-order valence-corrected chi connectivity index (χ3v) is 9.50. The largest absolute Gasteiger partial charge is 0.444 e. The molecule has 10 nitrogen and oxygen atoms in total. The molecule has 1 fully saturated rings. The van der Waals surface area contributed by atoms with Crippen LogP contribution in [-0.4, -0.2) is 84.1 Å². The van der Waals surface area contributed by atoms with Crippen LogP contribution in [0.25, 0.3) is 33.1 Å². The molecule has 4 aromatic rings. The number of fused-ring (bicyclic) bond motifs is 3. The first kappa shape index (κ1) is 30.2. The lowest BCUT2D eigenvalue weighted by atomic mass is 10.1. The second-order valence-corrected chi connectivity index (χ2v) is 15.4. The molecule has 0 aromatic carbocycles. The van der Waals surface area contributed by atoms with Crippen molar-refractivity contribution < 1.29 is 14.3 Å². The number of hydrogen-bond acceptors (Lipinski definition) is 8. The summed E-state index contributed by atoms with van der Waals surface area (Å²) in [7, 11) is 2.19. The van der Waals surface area contributed by atoms with Crippen LogP contribution in [0.5, 0.6) is 0 Å². The highest BCUT2D eigenvalue weighted by Crippen LogP contribution is 2.41. The summed E-state index contributed by atoms with van der Waals surface area (Å²) in [5, 5.41) is 16.6. The molecule has 0 saturated carbocycles. The number of carbonyl (C=O) groups is 1. The van der Waals surface area contributed by atoms with E-state index in [1.54, 1.807) is 27.5 Å². The first-order chi connectivity index (χ1) is 20.0. The van der Waals surface area contributed by atoms with Crippen molar-refractivity contribution in [3.8, 4) is 17.2 Å². The number of thioether (sulfide) groups is 1. The van der Waals surface area contributed by atoms with Crippen molar-refractivity contribution in [1.82, 2.24) is 29.2 Å². The van der Waals surface area contributed by atoms with Crippen LogP contribution in [0.2, 0.25) is 0 Å². The van der Waals surface area contributed by atoms with E-state index in [2.05, 4.69) is 39.3 Å². The quantitative estimate of drug-likeness (QED) is 0.198. The average Bonchev–Trinajstić information content (AvgIpc) is 3.51. The lowest BCUT2D eigenvalue weighted by molar-refractivity contribution is 0.0219. The Morgan fingerprint density at radius 2 is 1.93 bits per heavy atom. The van der Waals surface area contributed by atoms with Crippen LogP contribution >= 0.6 is 11.8 Å². The van der Waals surface area contributed by atoms with Crippen molar-refractivity contribution in [2.75, 3.05) is 38.0 Å². The van der Waals surface area contributed by atoms with Crippen molar-refractivity contribution in [3.63, 3.8) is 0 Å². The molecule has 0 bridgehead atoms. The fraction of sp³-hybridized carbons (Fsp3) is 0.500. The van der Waals surface area contributed by atoms with Gasteiger partial charge in [0.15, 0.2) is 5.69 Å². The Morgan fingerprint density at radius 3 is 2.57 bits per heavy atom. The number of hydrogen-bond donors (Lipinski definition) is 0. The van der Waals surface area contributed by atoms with Gasteiger partial charge in [0.1, 0.15) is 29.8 Å². The lowest BCUT2D eigenvalue weighted by Gasteiger charge is -2.33. The number of amides is 1. The number of carbonyl (C=O) groups excluding carboxylic acids is 1. The number of nitriles is 1. The maximum Gasteiger partial charge on any atom is 0.410 e. The monoisotopic (exact) mass is 608 g/mol. The summed E-state index contributed by atoms with van der Waals surface area (Å²) in [5.74, 6) is 0.996. The molecule has 1 aliphatic heterocycles. The summed E-state index contributed by atoms with van der Waals surface area (Å²) < 4.78 is 15.5. The standard InChI is InChI=1S/C30H38N7O3S2/c1-30(2,3)40-29(38)36-9-7-22(8-10-36)41-27-24(14-31)32-17-25-26(27)23-13-20(21-16-34-35(4)18-21)15-33-28(23)37(25)19-39-11-12-42(5)6/h13,15-18,22H,7-12,19H2,1-6H3/q+1. The molecule has 0 N–H and O–H groups in total. The number of pyridine rings is 2. The maximum atomic E-state index is 12.6. The second kappa shape index (κ2) is 12.5. The summed E-state index contributed by atoms with van der Waals surface area (Å²) in [6.07, 6.45) is 13.2. The van der Waals surface area contributed by atoms with Gasteiger partial charge in [0.05, 0.1) is 41.9 Å². The third kappa shape index (κ3) is 6.69. The van der Waals surface area contributed by atoms with E-state index in [0.29, 0.717) is 43.0 Å². The van der Waals surface area contributed by atoms with Crippen LogP contribution < -0.4 is 0 Å². The Kier molecular flexibility index (Phi) is 9.01. The molecule has 222 valence electrons. The highest BCUT2D eigenvalue weighted by atomic mass is 32.2. The molecule has 0 atom stereocenters. The summed E-state index contributed by atoms with van der Waals surface area (Å²) in [6.45, 7) is 7.87. The van der Waals surface area contributed by atoms with Gasteiger partial charge in [-0.05, 0) is 50.6 Å². The van der Waals surface area contributed by atoms with Crippen LogP contribution in [0.4, 0.5) is 4.79 Å². The van der Waals surface area contributed by atoms with Crippen molar-refractivity contribution in [1.29, 1.82) is 5.26 Å². The summed E-state index contributed by atoms with van der Waals surface area (Å²) in [4.78, 5) is 24.7. The minimum Gasteiger partial charge on any atom is -0.444 e. The fourth-order valence-corrected chi connectivity index (χ4v) is 6.78. The summed E-state index contributed by atoms with van der Waals surface area (Å²) in [5.41, 5.74) is 3.48. The second-order valence-electron chi connectivity index (χ2n) is 11.7. The Bertz CT molecular complexity index is 1630. The Morgan fingerprint density at radius 1 is 1.17 bits per heavy atom. The minimum atomic E-state index is -0.526. The molecule has 1 aliphatic rings. The number of ether oxygens (including phenoxy) is 2. The first-order valence-electron chi connectivity index (χ1n) is 14.0. The Hall–Kier alpha value is -3.27. The van der Waals surface area contributed by atoms with E-state index in [1.807, 2.05) is 46.4 Å². The van der Waals surface area contributed by atoms with Crippen LogP contribution in [-0.2, 0) is 34.1 Å². The molecule has 5 heterocycles. The summed E-state index contributed by atoms with van der Waals surface area (Å²) >= 11 is 1.68.